The summed E-state index contributed by atoms with van der Waals surface area (Å²) in [5, 5.41) is 6.40. The molecule has 0 aliphatic carbocycles. The van der Waals surface area contributed by atoms with Crippen molar-refractivity contribution in [1.82, 2.24) is 19.7 Å². The van der Waals surface area contributed by atoms with Gasteiger partial charge in [0.1, 0.15) is 5.82 Å². The molecule has 1 saturated heterocycles. The molecule has 0 spiro atoms. The van der Waals surface area contributed by atoms with E-state index in [0.717, 1.165) is 4.88 Å². The van der Waals surface area contributed by atoms with Gasteiger partial charge in [-0.25, -0.2) is 14.1 Å². The first-order valence-electron chi connectivity index (χ1n) is 10.8. The number of halogens is 1. The molecular weight excluding hydrogens is 439 g/mol. The van der Waals surface area contributed by atoms with Crippen LogP contribution >= 0.6 is 11.3 Å². The molecule has 166 valence electrons. The topological polar surface area (TPSA) is 68.1 Å². The second kappa shape index (κ2) is 9.07. The first-order valence-corrected chi connectivity index (χ1v) is 11.6. The number of rotatable bonds is 5. The number of benzene rings is 2. The van der Waals surface area contributed by atoms with Crippen LogP contribution in [0.3, 0.4) is 0 Å². The molecular formula is C25H21FN4O2S. The second-order valence-electron chi connectivity index (χ2n) is 7.92. The fraction of sp³-hybridized carbons (Fsp3) is 0.200. The van der Waals surface area contributed by atoms with Crippen molar-refractivity contribution in [3.05, 3.63) is 89.3 Å². The van der Waals surface area contributed by atoms with E-state index in [-0.39, 0.29) is 29.2 Å². The van der Waals surface area contributed by atoms with E-state index in [1.165, 1.54) is 23.5 Å². The van der Waals surface area contributed by atoms with E-state index in [9.17, 15) is 14.0 Å². The van der Waals surface area contributed by atoms with Gasteiger partial charge in [-0.2, -0.15) is 0 Å². The van der Waals surface area contributed by atoms with E-state index in [0.29, 0.717) is 43.0 Å². The van der Waals surface area contributed by atoms with Crippen molar-refractivity contribution in [2.45, 2.75) is 12.8 Å². The predicted molar refractivity (Wildman–Crippen MR) is 124 cm³/mol. The highest BCUT2D eigenvalue weighted by molar-refractivity contribution is 7.13. The number of likely N-dealkylation sites (tertiary alicyclic amines) is 1. The van der Waals surface area contributed by atoms with Gasteiger partial charge < -0.3 is 4.90 Å². The van der Waals surface area contributed by atoms with Gasteiger partial charge in [0, 0.05) is 24.6 Å². The Kier molecular flexibility index (Phi) is 5.83. The molecule has 1 aliphatic rings. The molecule has 0 atom stereocenters. The molecule has 0 N–H and O–H groups in total. The maximum atomic E-state index is 13.4. The summed E-state index contributed by atoms with van der Waals surface area (Å²) in [7, 11) is 0. The van der Waals surface area contributed by atoms with Gasteiger partial charge in [-0.05, 0) is 48.6 Å². The van der Waals surface area contributed by atoms with Gasteiger partial charge >= 0.3 is 0 Å². The zero-order valence-electron chi connectivity index (χ0n) is 17.7. The van der Waals surface area contributed by atoms with Crippen molar-refractivity contribution >= 4 is 23.0 Å². The van der Waals surface area contributed by atoms with Crippen LogP contribution in [0.25, 0.3) is 16.4 Å². The third kappa shape index (κ3) is 4.34. The number of piperidine rings is 1. The molecule has 2 aromatic heterocycles. The molecule has 33 heavy (non-hydrogen) atoms. The van der Waals surface area contributed by atoms with E-state index in [1.807, 2.05) is 47.8 Å². The first-order chi connectivity index (χ1) is 16.1. The van der Waals surface area contributed by atoms with Crippen LogP contribution in [-0.2, 0) is 0 Å². The largest absolute Gasteiger partial charge is 0.336 e. The van der Waals surface area contributed by atoms with Crippen LogP contribution in [0.4, 0.5) is 4.39 Å². The zero-order chi connectivity index (χ0) is 22.8. The lowest BCUT2D eigenvalue weighted by Crippen LogP contribution is -2.40. The minimum atomic E-state index is -0.347. The molecule has 4 aromatic rings. The Hall–Kier alpha value is -3.65. The summed E-state index contributed by atoms with van der Waals surface area (Å²) < 4.78 is 15.0. The number of ketones is 1. The monoisotopic (exact) mass is 460 g/mol. The molecule has 6 nitrogen and oxygen atoms in total. The summed E-state index contributed by atoms with van der Waals surface area (Å²) in [6, 6.07) is 19.0. The van der Waals surface area contributed by atoms with Crippen LogP contribution in [0.15, 0.2) is 72.1 Å². The molecule has 0 bridgehead atoms. The highest BCUT2D eigenvalue weighted by Gasteiger charge is 2.30. The van der Waals surface area contributed by atoms with Crippen molar-refractivity contribution in [3.8, 4) is 16.4 Å². The quantitative estimate of drug-likeness (QED) is 0.399. The molecule has 0 radical (unpaired) electrons. The van der Waals surface area contributed by atoms with Crippen LogP contribution in [0.1, 0.15) is 33.8 Å². The summed E-state index contributed by atoms with van der Waals surface area (Å²) in [6.07, 6.45) is 1.21. The van der Waals surface area contributed by atoms with Gasteiger partial charge in [0.25, 0.3) is 5.91 Å². The summed E-state index contributed by atoms with van der Waals surface area (Å²) in [5.74, 6) is 0.0500. The lowest BCUT2D eigenvalue weighted by atomic mass is 9.89. The van der Waals surface area contributed by atoms with Gasteiger partial charge in [0.2, 0.25) is 5.82 Å². The maximum Gasteiger partial charge on any atom is 0.293 e. The normalized spacial score (nSPS) is 14.4. The summed E-state index contributed by atoms with van der Waals surface area (Å²) >= 11 is 1.49. The molecule has 8 heteroatoms. The maximum absolute atomic E-state index is 13.4. The molecule has 2 aromatic carbocycles. The number of Topliss-reactive ketones (excluding diaryl/α,β-unsaturated/α-hetero) is 1. The highest BCUT2D eigenvalue weighted by atomic mass is 32.1. The number of thiophene rings is 1. The van der Waals surface area contributed by atoms with Crippen LogP contribution < -0.4 is 0 Å². The third-order valence-corrected chi connectivity index (χ3v) is 6.69. The average molecular weight is 461 g/mol. The summed E-state index contributed by atoms with van der Waals surface area (Å²) in [5.41, 5.74) is 1.33. The molecule has 3 heterocycles. The van der Waals surface area contributed by atoms with Gasteiger partial charge in [0.05, 0.1) is 10.6 Å². The fourth-order valence-corrected chi connectivity index (χ4v) is 4.75. The van der Waals surface area contributed by atoms with Gasteiger partial charge in [-0.3, -0.25) is 9.59 Å². The molecule has 1 fully saturated rings. The Morgan fingerprint density at radius 1 is 0.939 bits per heavy atom. The van der Waals surface area contributed by atoms with Crippen LogP contribution in [-0.4, -0.2) is 44.4 Å². The zero-order valence-corrected chi connectivity index (χ0v) is 18.5. The first kappa shape index (κ1) is 21.2. The SMILES string of the molecule is O=C(c1ccccc1)C1CCN(C(=O)c2nc(-c3cccs3)n(-c3ccc(F)cc3)n2)CC1. The highest BCUT2D eigenvalue weighted by Crippen LogP contribution is 2.27. The minimum absolute atomic E-state index is 0.0931. The number of aromatic nitrogens is 3. The van der Waals surface area contributed by atoms with E-state index in [1.54, 1.807) is 21.7 Å². The van der Waals surface area contributed by atoms with Crippen LogP contribution in [0.2, 0.25) is 0 Å². The summed E-state index contributed by atoms with van der Waals surface area (Å²) in [6.45, 7) is 0.947. The Balaban J connectivity index is 1.35. The molecule has 0 saturated carbocycles. The lowest BCUT2D eigenvalue weighted by molar-refractivity contribution is 0.0640. The number of hydrogen-bond acceptors (Lipinski definition) is 5. The second-order valence-corrected chi connectivity index (χ2v) is 8.87. The molecule has 0 unspecified atom stereocenters. The fourth-order valence-electron chi connectivity index (χ4n) is 4.05. The Morgan fingerprint density at radius 3 is 2.33 bits per heavy atom. The number of nitrogens with zero attached hydrogens (tertiary/aromatic N) is 4. The van der Waals surface area contributed by atoms with Crippen LogP contribution in [0.5, 0.6) is 0 Å². The molecule has 1 amide bonds. The van der Waals surface area contributed by atoms with E-state index in [4.69, 9.17) is 0 Å². The van der Waals surface area contributed by atoms with E-state index in [2.05, 4.69) is 10.1 Å². The Morgan fingerprint density at radius 2 is 1.67 bits per heavy atom. The third-order valence-electron chi connectivity index (χ3n) is 5.82. The van der Waals surface area contributed by atoms with Crippen molar-refractivity contribution in [2.75, 3.05) is 13.1 Å². The number of carbonyl (C=O) groups is 2. The van der Waals surface area contributed by atoms with Gasteiger partial charge in [-0.15, -0.1) is 16.4 Å². The number of hydrogen-bond donors (Lipinski definition) is 0. The Bertz CT molecular complexity index is 1260. The van der Waals surface area contributed by atoms with Crippen molar-refractivity contribution in [1.29, 1.82) is 0 Å². The van der Waals surface area contributed by atoms with Crippen LogP contribution in [0, 0.1) is 11.7 Å². The molecule has 1 aliphatic heterocycles. The van der Waals surface area contributed by atoms with Crippen molar-refractivity contribution < 1.29 is 14.0 Å². The standard InChI is InChI=1S/C25H21FN4O2S/c26-19-8-10-20(11-9-19)30-24(21-7-4-16-33-21)27-23(28-30)25(32)29-14-12-18(13-15-29)22(31)17-5-2-1-3-6-17/h1-11,16,18H,12-15H2. The van der Waals surface area contributed by atoms with E-state index >= 15 is 0 Å². The summed E-state index contributed by atoms with van der Waals surface area (Å²) in [4.78, 5) is 33.1. The average Bonchev–Trinajstić information content (AvgIpc) is 3.55. The predicted octanol–water partition coefficient (Wildman–Crippen LogP) is 4.87. The Labute approximate surface area is 194 Å². The van der Waals surface area contributed by atoms with Gasteiger partial charge in [-0.1, -0.05) is 36.4 Å². The number of carbonyl (C=O) groups excluding carboxylic acids is 2. The lowest BCUT2D eigenvalue weighted by Gasteiger charge is -2.30. The minimum Gasteiger partial charge on any atom is -0.336 e. The number of amides is 1. The smallest absolute Gasteiger partial charge is 0.293 e. The van der Waals surface area contributed by atoms with Crippen molar-refractivity contribution in [2.24, 2.45) is 5.92 Å². The van der Waals surface area contributed by atoms with Crippen molar-refractivity contribution in [3.63, 3.8) is 0 Å². The van der Waals surface area contributed by atoms with E-state index < -0.39 is 0 Å². The molecule has 5 rings (SSSR count). The van der Waals surface area contributed by atoms with Gasteiger partial charge in [0.15, 0.2) is 11.6 Å².